The van der Waals surface area contributed by atoms with Gasteiger partial charge in [0.25, 0.3) is 0 Å². The molecule has 4 heteroatoms. The van der Waals surface area contributed by atoms with Crippen LogP contribution in [0.3, 0.4) is 0 Å². The van der Waals surface area contributed by atoms with E-state index in [9.17, 15) is 0 Å². The molecule has 0 nitrogen and oxygen atoms in total. The molecular formula is C2H4Cl3Na. The van der Waals surface area contributed by atoms with Crippen molar-refractivity contribution >= 4 is 64.4 Å². The average molecular weight is 157 g/mol. The van der Waals surface area contributed by atoms with Crippen molar-refractivity contribution in [2.45, 2.75) is 10.7 Å². The number of hydrogen-bond donors (Lipinski definition) is 0. The van der Waals surface area contributed by atoms with Crippen molar-refractivity contribution in [1.82, 2.24) is 0 Å². The molecule has 34 valence electrons. The number of alkyl halides is 3. The summed E-state index contributed by atoms with van der Waals surface area (Å²) in [5.41, 5.74) is 0. The number of hydrogen-bond acceptors (Lipinski definition) is 0. The van der Waals surface area contributed by atoms with Crippen LogP contribution < -0.4 is 0 Å². The summed E-state index contributed by atoms with van der Waals surface area (Å²) in [6, 6.07) is 0. The van der Waals surface area contributed by atoms with E-state index >= 15 is 0 Å². The molecule has 0 N–H and O–H groups in total. The van der Waals surface area contributed by atoms with Gasteiger partial charge in [-0.05, 0) is 6.92 Å². The molecule has 0 aliphatic heterocycles. The predicted molar refractivity (Wildman–Crippen MR) is 33.1 cm³/mol. The van der Waals surface area contributed by atoms with Crippen molar-refractivity contribution < 1.29 is 0 Å². The van der Waals surface area contributed by atoms with Crippen LogP contribution in [0.1, 0.15) is 6.92 Å². The molecule has 0 unspecified atom stereocenters. The number of halogens is 3. The molecule has 0 heterocycles. The summed E-state index contributed by atoms with van der Waals surface area (Å²) in [5, 5.41) is 0. The molecule has 0 saturated carbocycles. The fraction of sp³-hybridized carbons (Fsp3) is 1.00. The van der Waals surface area contributed by atoms with Gasteiger partial charge < -0.3 is 0 Å². The van der Waals surface area contributed by atoms with Gasteiger partial charge in [-0.2, -0.15) is 0 Å². The first-order valence-electron chi connectivity index (χ1n) is 1.07. The van der Waals surface area contributed by atoms with E-state index in [2.05, 4.69) is 0 Å². The maximum absolute atomic E-state index is 5.06. The van der Waals surface area contributed by atoms with Gasteiger partial charge in [-0.15, -0.1) is 0 Å². The van der Waals surface area contributed by atoms with Gasteiger partial charge in [-0.1, -0.05) is 34.8 Å². The molecule has 0 fully saturated rings. The van der Waals surface area contributed by atoms with Crippen LogP contribution in [0.4, 0.5) is 0 Å². The summed E-state index contributed by atoms with van der Waals surface area (Å²) in [7, 11) is 0. The van der Waals surface area contributed by atoms with Gasteiger partial charge in [0, 0.05) is 0 Å². The van der Waals surface area contributed by atoms with Crippen molar-refractivity contribution in [3.05, 3.63) is 0 Å². The van der Waals surface area contributed by atoms with Crippen LogP contribution in [0, 0.1) is 0 Å². The van der Waals surface area contributed by atoms with Gasteiger partial charge in [0.15, 0.2) is 3.79 Å². The van der Waals surface area contributed by atoms with Crippen molar-refractivity contribution in [2.75, 3.05) is 0 Å². The zero-order valence-corrected chi connectivity index (χ0v) is 4.90. The Balaban J connectivity index is 0. The van der Waals surface area contributed by atoms with Crippen LogP contribution in [0.15, 0.2) is 0 Å². The second-order valence-electron chi connectivity index (χ2n) is 0.781. The molecule has 0 amide bonds. The molecule has 0 aromatic heterocycles. The van der Waals surface area contributed by atoms with Crippen LogP contribution in [0.25, 0.3) is 0 Å². The second kappa shape index (κ2) is 3.82. The summed E-state index contributed by atoms with van der Waals surface area (Å²) in [6.07, 6.45) is 0. The fourth-order valence-corrected chi connectivity index (χ4v) is 0. The minimum atomic E-state index is -1.08. The zero-order valence-electron chi connectivity index (χ0n) is 2.63. The van der Waals surface area contributed by atoms with Gasteiger partial charge in [0.1, 0.15) is 0 Å². The van der Waals surface area contributed by atoms with Gasteiger partial charge in [0.05, 0.1) is 0 Å². The molecule has 0 aliphatic rings. The zero-order chi connectivity index (χ0) is 4.50. The Morgan fingerprint density at radius 3 is 1.17 bits per heavy atom. The first-order chi connectivity index (χ1) is 2.00. The summed E-state index contributed by atoms with van der Waals surface area (Å²) >= 11 is 15.2. The molecule has 0 aromatic rings. The Labute approximate surface area is 74.4 Å². The molecule has 0 aromatic carbocycles. The van der Waals surface area contributed by atoms with E-state index in [1.807, 2.05) is 0 Å². The molecule has 6 heavy (non-hydrogen) atoms. The van der Waals surface area contributed by atoms with E-state index in [-0.39, 0.29) is 29.6 Å². The Morgan fingerprint density at radius 2 is 1.17 bits per heavy atom. The van der Waals surface area contributed by atoms with Crippen LogP contribution in [-0.4, -0.2) is 33.3 Å². The van der Waals surface area contributed by atoms with Gasteiger partial charge in [0.2, 0.25) is 0 Å². The maximum atomic E-state index is 5.06. The van der Waals surface area contributed by atoms with Gasteiger partial charge >= 0.3 is 29.6 Å². The second-order valence-corrected chi connectivity index (χ2v) is 3.63. The number of rotatable bonds is 0. The molecule has 0 atom stereocenters. The van der Waals surface area contributed by atoms with E-state index in [4.69, 9.17) is 34.8 Å². The molecular weight excluding hydrogens is 153 g/mol. The van der Waals surface area contributed by atoms with Gasteiger partial charge in [-0.25, -0.2) is 0 Å². The van der Waals surface area contributed by atoms with Crippen molar-refractivity contribution in [3.63, 3.8) is 0 Å². The molecule has 0 aliphatic carbocycles. The molecule has 0 spiro atoms. The first-order valence-corrected chi connectivity index (χ1v) is 2.20. The van der Waals surface area contributed by atoms with Crippen molar-refractivity contribution in [1.29, 1.82) is 0 Å². The fourth-order valence-electron chi connectivity index (χ4n) is 0. The van der Waals surface area contributed by atoms with Crippen molar-refractivity contribution in [2.24, 2.45) is 0 Å². The third-order valence-corrected chi connectivity index (χ3v) is 0. The van der Waals surface area contributed by atoms with Gasteiger partial charge in [-0.3, -0.25) is 0 Å². The van der Waals surface area contributed by atoms with Crippen LogP contribution in [0.2, 0.25) is 0 Å². The van der Waals surface area contributed by atoms with E-state index in [0.717, 1.165) is 0 Å². The van der Waals surface area contributed by atoms with Crippen molar-refractivity contribution in [3.8, 4) is 0 Å². The predicted octanol–water partition coefficient (Wildman–Crippen LogP) is 1.73. The molecule has 0 radical (unpaired) electrons. The summed E-state index contributed by atoms with van der Waals surface area (Å²) < 4.78 is -1.08. The normalized spacial score (nSPS) is 10.0. The molecule has 0 saturated heterocycles. The van der Waals surface area contributed by atoms with E-state index in [1.54, 1.807) is 0 Å². The summed E-state index contributed by atoms with van der Waals surface area (Å²) in [5.74, 6) is 0. The summed E-state index contributed by atoms with van der Waals surface area (Å²) in [6.45, 7) is 1.48. The van der Waals surface area contributed by atoms with Crippen LogP contribution >= 0.6 is 34.8 Å². The molecule has 0 rings (SSSR count). The third kappa shape index (κ3) is 39.8. The van der Waals surface area contributed by atoms with E-state index < -0.39 is 3.79 Å². The Hall–Kier alpha value is 1.87. The van der Waals surface area contributed by atoms with E-state index in [1.165, 1.54) is 6.92 Å². The van der Waals surface area contributed by atoms with Crippen LogP contribution in [0.5, 0.6) is 0 Å². The third-order valence-electron chi connectivity index (χ3n) is 0. The monoisotopic (exact) mass is 156 g/mol. The first kappa shape index (κ1) is 10.8. The Bertz CT molecular complexity index is 24.3. The summed E-state index contributed by atoms with van der Waals surface area (Å²) in [4.78, 5) is 0. The topological polar surface area (TPSA) is 0 Å². The molecule has 0 bridgehead atoms. The standard InChI is InChI=1S/C2H3Cl3.Na.H/c1-2(3,4)5;;/h1H3;;. The SMILES string of the molecule is CC(Cl)(Cl)Cl.[NaH]. The van der Waals surface area contributed by atoms with E-state index in [0.29, 0.717) is 0 Å². The average Bonchev–Trinajstić information content (AvgIpc) is 0.722. The Kier molecular flexibility index (Phi) is 6.87. The minimum absolute atomic E-state index is 0. The quantitative estimate of drug-likeness (QED) is 0.371. The Morgan fingerprint density at radius 1 is 1.17 bits per heavy atom. The van der Waals surface area contributed by atoms with Crippen LogP contribution in [-0.2, 0) is 0 Å².